The fourth-order valence-electron chi connectivity index (χ4n) is 11.2. The van der Waals surface area contributed by atoms with Crippen LogP contribution in [0.25, 0.3) is 0 Å². The molecule has 0 bridgehead atoms. The smallest absolute Gasteiger partial charge is 0.462 e. The first-order chi connectivity index (χ1) is 49.7. The molecule has 0 aromatic rings. The second-order valence-corrected chi connectivity index (χ2v) is 30.3. The minimum absolute atomic E-state index is 0.0651. The van der Waals surface area contributed by atoms with Crippen LogP contribution in [-0.4, -0.2) is 96.7 Å². The average molecular weight is 1480 g/mol. The monoisotopic (exact) mass is 1480 g/mol. The molecular formula is C83H148O17P2. The van der Waals surface area contributed by atoms with Crippen molar-refractivity contribution in [3.05, 3.63) is 85.1 Å². The Hall–Kier alpha value is -3.76. The van der Waals surface area contributed by atoms with E-state index in [2.05, 4.69) is 113 Å². The topological polar surface area (TPSA) is 237 Å². The maximum atomic E-state index is 13.1. The van der Waals surface area contributed by atoms with Gasteiger partial charge < -0.3 is 33.8 Å². The molecule has 0 fully saturated rings. The van der Waals surface area contributed by atoms with E-state index in [1.165, 1.54) is 128 Å². The zero-order valence-corrected chi connectivity index (χ0v) is 66.6. The van der Waals surface area contributed by atoms with E-state index in [0.717, 1.165) is 154 Å². The average Bonchev–Trinajstić information content (AvgIpc) is 0.927. The maximum absolute atomic E-state index is 13.1. The number of rotatable bonds is 77. The number of phosphoric ester groups is 2. The fourth-order valence-corrected chi connectivity index (χ4v) is 12.7. The van der Waals surface area contributed by atoms with E-state index < -0.39 is 97.5 Å². The molecule has 0 heterocycles. The second-order valence-electron chi connectivity index (χ2n) is 27.3. The van der Waals surface area contributed by atoms with Crippen molar-refractivity contribution in [2.24, 2.45) is 0 Å². The van der Waals surface area contributed by atoms with Crippen LogP contribution in [0.2, 0.25) is 0 Å². The lowest BCUT2D eigenvalue weighted by atomic mass is 10.0. The van der Waals surface area contributed by atoms with Gasteiger partial charge in [-0.05, 0) is 103 Å². The second kappa shape index (κ2) is 75.5. The molecule has 5 atom stereocenters. The standard InChI is InChI=1S/C83H148O17P2/c1-5-9-13-17-21-25-29-32-35-37-38-40-42-45-49-52-56-60-64-68-81(86)94-74-79(100-83(88)70-66-62-58-54-50-46-43-39-36-33-30-26-22-18-14-10-6-2)76-98-102(91,92)96-72-77(84)71-95-101(89,90)97-75-78(99-82(87)69-65-61-57-53-47-28-24-20-16-12-8-4)73-93-80(85)67-63-59-55-51-48-44-41-34-31-27-23-19-15-11-7-3/h10,14,21-22,25-26,32-33,35-36,38,40,43,46,77-79,84H,5-9,11-13,15-20,23-24,27-31,34,37,39,41-42,44-45,47-76H2,1-4H3,(H,89,90)(H,91,92)/b14-10-,25-21-,26-22-,35-32-,36-33-,40-38-,46-43-. The Labute approximate surface area is 621 Å². The molecule has 19 heteroatoms. The van der Waals surface area contributed by atoms with Crippen LogP contribution in [0.15, 0.2) is 85.1 Å². The van der Waals surface area contributed by atoms with Gasteiger partial charge in [-0.1, -0.05) is 318 Å². The molecule has 0 aliphatic carbocycles. The van der Waals surface area contributed by atoms with Crippen LogP contribution in [-0.2, 0) is 65.4 Å². The number of ether oxygens (including phenoxy) is 4. The molecule has 0 radical (unpaired) electrons. The first-order valence-corrected chi connectivity index (χ1v) is 43.8. The summed E-state index contributed by atoms with van der Waals surface area (Å²) in [5, 5.41) is 10.6. The molecule has 3 N–H and O–H groups in total. The van der Waals surface area contributed by atoms with Gasteiger partial charge in [-0.3, -0.25) is 37.3 Å². The normalized spacial score (nSPS) is 14.3. The van der Waals surface area contributed by atoms with Crippen molar-refractivity contribution in [3.8, 4) is 0 Å². The van der Waals surface area contributed by atoms with Gasteiger partial charge in [0.2, 0.25) is 0 Å². The molecular weight excluding hydrogens is 1330 g/mol. The Morgan fingerprint density at radius 1 is 0.284 bits per heavy atom. The van der Waals surface area contributed by atoms with Gasteiger partial charge in [-0.2, -0.15) is 0 Å². The lowest BCUT2D eigenvalue weighted by Gasteiger charge is -2.21. The summed E-state index contributed by atoms with van der Waals surface area (Å²) in [7, 11) is -9.95. The van der Waals surface area contributed by atoms with Gasteiger partial charge in [0.15, 0.2) is 12.2 Å². The van der Waals surface area contributed by atoms with Gasteiger partial charge in [0.25, 0.3) is 0 Å². The quantitative estimate of drug-likeness (QED) is 0.0169. The van der Waals surface area contributed by atoms with Gasteiger partial charge in [-0.15, -0.1) is 0 Å². The van der Waals surface area contributed by atoms with E-state index in [-0.39, 0.29) is 25.7 Å². The van der Waals surface area contributed by atoms with Crippen LogP contribution in [0.3, 0.4) is 0 Å². The number of unbranched alkanes of at least 4 members (excludes halogenated alkanes) is 37. The fraction of sp³-hybridized carbons (Fsp3) is 0.783. The largest absolute Gasteiger partial charge is 0.472 e. The third-order valence-electron chi connectivity index (χ3n) is 17.4. The Morgan fingerprint density at radius 2 is 0.510 bits per heavy atom. The maximum Gasteiger partial charge on any atom is 0.472 e. The molecule has 0 aromatic carbocycles. The summed E-state index contributed by atoms with van der Waals surface area (Å²) in [5.74, 6) is -2.19. The molecule has 0 aliphatic heterocycles. The number of phosphoric acid groups is 2. The highest BCUT2D eigenvalue weighted by Crippen LogP contribution is 2.45. The van der Waals surface area contributed by atoms with Gasteiger partial charge in [0.05, 0.1) is 26.4 Å². The molecule has 0 saturated carbocycles. The number of hydrogen-bond donors (Lipinski definition) is 3. The van der Waals surface area contributed by atoms with Gasteiger partial charge >= 0.3 is 39.5 Å². The third-order valence-corrected chi connectivity index (χ3v) is 19.3. The number of carbonyl (C=O) groups is 4. The van der Waals surface area contributed by atoms with E-state index >= 15 is 0 Å². The Kier molecular flexibility index (Phi) is 72.7. The number of hydrogen-bond acceptors (Lipinski definition) is 15. The van der Waals surface area contributed by atoms with Crippen molar-refractivity contribution in [1.29, 1.82) is 0 Å². The molecule has 0 rings (SSSR count). The summed E-state index contributed by atoms with van der Waals surface area (Å²) in [4.78, 5) is 73.0. The SMILES string of the molecule is CC/C=C\C/C=C\C/C=C\C/C=C\CCCCCCC(=O)OC(COC(=O)CCCCCCCC/C=C\C/C=C\C/C=C\CCCCC)COP(=O)(O)OCC(O)COP(=O)(O)OCC(COC(=O)CCCCCCCCCCCCCCCCC)OC(=O)CCCCCCCCCCCCC. The minimum atomic E-state index is -4.98. The van der Waals surface area contributed by atoms with Gasteiger partial charge in [0, 0.05) is 25.7 Å². The number of esters is 4. The van der Waals surface area contributed by atoms with E-state index in [1.807, 2.05) is 0 Å². The minimum Gasteiger partial charge on any atom is -0.462 e. The molecule has 102 heavy (non-hydrogen) atoms. The molecule has 0 aliphatic rings. The highest BCUT2D eigenvalue weighted by Gasteiger charge is 2.30. The Morgan fingerprint density at radius 3 is 0.804 bits per heavy atom. The third kappa shape index (κ3) is 74.5. The van der Waals surface area contributed by atoms with Crippen LogP contribution in [0.5, 0.6) is 0 Å². The van der Waals surface area contributed by atoms with Crippen molar-refractivity contribution in [1.82, 2.24) is 0 Å². The van der Waals surface area contributed by atoms with Crippen LogP contribution in [0.1, 0.15) is 362 Å². The molecule has 0 amide bonds. The molecule has 0 aromatic heterocycles. The summed E-state index contributed by atoms with van der Waals surface area (Å²) in [5.41, 5.74) is 0. The molecule has 17 nitrogen and oxygen atoms in total. The van der Waals surface area contributed by atoms with E-state index in [4.69, 9.17) is 37.0 Å². The van der Waals surface area contributed by atoms with Crippen molar-refractivity contribution >= 4 is 39.5 Å². The van der Waals surface area contributed by atoms with E-state index in [0.29, 0.717) is 25.7 Å². The van der Waals surface area contributed by atoms with Crippen molar-refractivity contribution in [2.75, 3.05) is 39.6 Å². The predicted octanol–water partition coefficient (Wildman–Crippen LogP) is 23.8. The van der Waals surface area contributed by atoms with Gasteiger partial charge in [0.1, 0.15) is 19.3 Å². The number of allylic oxidation sites excluding steroid dienone is 14. The van der Waals surface area contributed by atoms with Crippen LogP contribution < -0.4 is 0 Å². The van der Waals surface area contributed by atoms with Crippen molar-refractivity contribution in [2.45, 2.75) is 380 Å². The molecule has 592 valence electrons. The van der Waals surface area contributed by atoms with E-state index in [1.54, 1.807) is 0 Å². The van der Waals surface area contributed by atoms with Crippen molar-refractivity contribution < 1.29 is 80.2 Å². The zero-order chi connectivity index (χ0) is 74.6. The summed E-state index contributed by atoms with van der Waals surface area (Å²) in [6.07, 6.45) is 78.4. The molecule has 0 saturated heterocycles. The highest BCUT2D eigenvalue weighted by atomic mass is 31.2. The predicted molar refractivity (Wildman–Crippen MR) is 418 cm³/mol. The van der Waals surface area contributed by atoms with Crippen LogP contribution in [0.4, 0.5) is 0 Å². The zero-order valence-electron chi connectivity index (χ0n) is 64.8. The van der Waals surface area contributed by atoms with Gasteiger partial charge in [-0.25, -0.2) is 9.13 Å². The summed E-state index contributed by atoms with van der Waals surface area (Å²) in [6, 6.07) is 0. The summed E-state index contributed by atoms with van der Waals surface area (Å²) >= 11 is 0. The number of aliphatic hydroxyl groups is 1. The molecule has 5 unspecified atom stereocenters. The Bertz CT molecular complexity index is 2260. The highest BCUT2D eigenvalue weighted by molar-refractivity contribution is 7.47. The first kappa shape index (κ1) is 98.2. The van der Waals surface area contributed by atoms with Crippen LogP contribution in [0, 0.1) is 0 Å². The summed E-state index contributed by atoms with van der Waals surface area (Å²) < 4.78 is 68.6. The number of carbonyl (C=O) groups excluding carboxylic acids is 4. The first-order valence-electron chi connectivity index (χ1n) is 40.8. The lowest BCUT2D eigenvalue weighted by molar-refractivity contribution is -0.161. The molecule has 0 spiro atoms. The Balaban J connectivity index is 5.34. The summed E-state index contributed by atoms with van der Waals surface area (Å²) in [6.45, 7) is 4.75. The van der Waals surface area contributed by atoms with E-state index in [9.17, 15) is 43.2 Å². The lowest BCUT2D eigenvalue weighted by Crippen LogP contribution is -2.30. The van der Waals surface area contributed by atoms with Crippen LogP contribution >= 0.6 is 15.6 Å². The van der Waals surface area contributed by atoms with Crippen molar-refractivity contribution in [3.63, 3.8) is 0 Å². The number of aliphatic hydroxyl groups excluding tert-OH is 1.